The zero-order valence-corrected chi connectivity index (χ0v) is 15.7. The van der Waals surface area contributed by atoms with Gasteiger partial charge in [-0.2, -0.15) is 0 Å². The molecular formula is C24H16S2. The minimum atomic E-state index is 0.886. The van der Waals surface area contributed by atoms with Crippen molar-refractivity contribution in [2.45, 2.75) is 5.75 Å². The Hall–Kier alpha value is -2.42. The predicted molar refractivity (Wildman–Crippen MR) is 120 cm³/mol. The number of rotatable bonds is 3. The lowest BCUT2D eigenvalue weighted by Gasteiger charge is -2.14. The lowest BCUT2D eigenvalue weighted by Crippen LogP contribution is -1.94. The zero-order chi connectivity index (χ0) is 17.5. The monoisotopic (exact) mass is 368 g/mol. The molecule has 0 amide bonds. The fourth-order valence-electron chi connectivity index (χ4n) is 3.76. The van der Waals surface area contributed by atoms with Gasteiger partial charge in [-0.05, 0) is 49.5 Å². The van der Waals surface area contributed by atoms with Crippen LogP contribution in [0.3, 0.4) is 0 Å². The second-order valence-corrected chi connectivity index (χ2v) is 8.18. The van der Waals surface area contributed by atoms with Gasteiger partial charge >= 0.3 is 0 Å². The molecule has 5 aromatic rings. The van der Waals surface area contributed by atoms with Crippen molar-refractivity contribution in [3.63, 3.8) is 0 Å². The van der Waals surface area contributed by atoms with E-state index in [9.17, 15) is 0 Å². The smallest absolute Gasteiger partial charge is 0.0781 e. The lowest BCUT2D eigenvalue weighted by atomic mass is 9.92. The summed E-state index contributed by atoms with van der Waals surface area (Å²) in [6.45, 7) is 0. The van der Waals surface area contributed by atoms with E-state index in [0.29, 0.717) is 0 Å². The minimum absolute atomic E-state index is 0.886. The molecule has 0 unspecified atom stereocenters. The van der Waals surface area contributed by atoms with Crippen LogP contribution in [0.25, 0.3) is 32.3 Å². The molecule has 2 heteroatoms. The molecule has 0 saturated carbocycles. The molecule has 0 bridgehead atoms. The standard InChI is InChI=1S/C24H16S2/c25-24(18-6-2-1-3-7-18)26-15-20-14-19-10-4-8-16-12-13-17-9-5-11-21(20)23(17)22(16)19/h1-14H,15H2. The van der Waals surface area contributed by atoms with E-state index in [4.69, 9.17) is 12.2 Å². The van der Waals surface area contributed by atoms with Crippen LogP contribution in [-0.2, 0) is 5.75 Å². The molecular weight excluding hydrogens is 352 g/mol. The summed E-state index contributed by atoms with van der Waals surface area (Å²) in [5.74, 6) is 0.886. The van der Waals surface area contributed by atoms with Crippen molar-refractivity contribution in [1.29, 1.82) is 0 Å². The van der Waals surface area contributed by atoms with Crippen molar-refractivity contribution >= 4 is 60.5 Å². The van der Waals surface area contributed by atoms with Gasteiger partial charge in [-0.15, -0.1) is 11.8 Å². The van der Waals surface area contributed by atoms with E-state index in [1.807, 2.05) is 18.2 Å². The maximum absolute atomic E-state index is 5.65. The Bertz CT molecular complexity index is 1240. The summed E-state index contributed by atoms with van der Waals surface area (Å²) in [4.78, 5) is 0. The SMILES string of the molecule is S=C(SCc1cc2cccc3ccc4cccc1c4c32)c1ccccc1. The molecule has 0 nitrogen and oxygen atoms in total. The second-order valence-electron chi connectivity index (χ2n) is 6.53. The summed E-state index contributed by atoms with van der Waals surface area (Å²) in [6, 6.07) is 30.3. The third-order valence-electron chi connectivity index (χ3n) is 4.96. The summed E-state index contributed by atoms with van der Waals surface area (Å²) in [7, 11) is 0. The Kier molecular flexibility index (Phi) is 3.88. The average molecular weight is 369 g/mol. The molecule has 0 aliphatic rings. The van der Waals surface area contributed by atoms with Gasteiger partial charge in [-0.3, -0.25) is 0 Å². The zero-order valence-electron chi connectivity index (χ0n) is 14.1. The molecule has 124 valence electrons. The van der Waals surface area contributed by atoms with Gasteiger partial charge in [0.2, 0.25) is 0 Å². The van der Waals surface area contributed by atoms with Gasteiger partial charge < -0.3 is 0 Å². The molecule has 0 aliphatic carbocycles. The predicted octanol–water partition coefficient (Wildman–Crippen LogP) is 7.19. The molecule has 5 aromatic carbocycles. The van der Waals surface area contributed by atoms with Gasteiger partial charge in [-0.25, -0.2) is 0 Å². The van der Waals surface area contributed by atoms with Crippen LogP contribution in [0.15, 0.2) is 84.9 Å². The van der Waals surface area contributed by atoms with Crippen LogP contribution >= 0.6 is 24.0 Å². The third-order valence-corrected chi connectivity index (χ3v) is 6.50. The van der Waals surface area contributed by atoms with E-state index < -0.39 is 0 Å². The summed E-state index contributed by atoms with van der Waals surface area (Å²) >= 11 is 7.40. The second kappa shape index (κ2) is 6.39. The Labute approximate surface area is 162 Å². The van der Waals surface area contributed by atoms with Crippen LogP contribution in [0, 0.1) is 0 Å². The first-order valence-electron chi connectivity index (χ1n) is 8.69. The largest absolute Gasteiger partial charge is 0.109 e. The van der Waals surface area contributed by atoms with Crippen LogP contribution in [0.5, 0.6) is 0 Å². The molecule has 0 saturated heterocycles. The first-order valence-corrected chi connectivity index (χ1v) is 10.1. The molecule has 0 spiro atoms. The number of benzene rings is 5. The van der Waals surface area contributed by atoms with Crippen LogP contribution in [0.1, 0.15) is 11.1 Å². The molecule has 0 heterocycles. The third kappa shape index (κ3) is 2.57. The van der Waals surface area contributed by atoms with Crippen molar-refractivity contribution < 1.29 is 0 Å². The highest BCUT2D eigenvalue weighted by Gasteiger charge is 2.12. The molecule has 0 atom stereocenters. The van der Waals surface area contributed by atoms with Gasteiger partial charge in [0.05, 0.1) is 4.20 Å². The Morgan fingerprint density at radius 3 is 2.19 bits per heavy atom. The van der Waals surface area contributed by atoms with Crippen molar-refractivity contribution in [2.24, 2.45) is 0 Å². The quantitative estimate of drug-likeness (QED) is 0.244. The van der Waals surface area contributed by atoms with Gasteiger partial charge in [0.25, 0.3) is 0 Å². The van der Waals surface area contributed by atoms with Gasteiger partial charge in [0, 0.05) is 5.75 Å². The van der Waals surface area contributed by atoms with E-state index in [0.717, 1.165) is 15.5 Å². The number of hydrogen-bond acceptors (Lipinski definition) is 2. The van der Waals surface area contributed by atoms with E-state index in [-0.39, 0.29) is 0 Å². The van der Waals surface area contributed by atoms with Gasteiger partial charge in [0.1, 0.15) is 0 Å². The van der Waals surface area contributed by atoms with Gasteiger partial charge in [0.15, 0.2) is 0 Å². The van der Waals surface area contributed by atoms with Gasteiger partial charge in [-0.1, -0.05) is 91.1 Å². The summed E-state index contributed by atoms with van der Waals surface area (Å²) in [5, 5.41) is 8.03. The molecule has 5 rings (SSSR count). The highest BCUT2D eigenvalue weighted by atomic mass is 32.2. The van der Waals surface area contributed by atoms with Crippen LogP contribution in [-0.4, -0.2) is 4.20 Å². The molecule has 26 heavy (non-hydrogen) atoms. The van der Waals surface area contributed by atoms with E-state index in [1.54, 1.807) is 11.8 Å². The number of hydrogen-bond donors (Lipinski definition) is 0. The highest BCUT2D eigenvalue weighted by molar-refractivity contribution is 8.23. The molecule has 0 radical (unpaired) electrons. The fraction of sp³-hybridized carbons (Fsp3) is 0.0417. The molecule has 0 aliphatic heterocycles. The Morgan fingerprint density at radius 1 is 0.692 bits per heavy atom. The van der Waals surface area contributed by atoms with Crippen LogP contribution in [0.2, 0.25) is 0 Å². The first-order chi connectivity index (χ1) is 12.8. The van der Waals surface area contributed by atoms with E-state index >= 15 is 0 Å². The molecule has 0 aromatic heterocycles. The number of thiocarbonyl (C=S) groups is 1. The molecule has 0 fully saturated rings. The lowest BCUT2D eigenvalue weighted by molar-refractivity contribution is 1.50. The fourth-order valence-corrected chi connectivity index (χ4v) is 4.90. The van der Waals surface area contributed by atoms with Crippen molar-refractivity contribution in [3.05, 3.63) is 96.1 Å². The highest BCUT2D eigenvalue weighted by Crippen LogP contribution is 2.37. The normalized spacial score (nSPS) is 11.5. The maximum Gasteiger partial charge on any atom is 0.0781 e. The van der Waals surface area contributed by atoms with E-state index in [1.165, 1.54) is 37.9 Å². The van der Waals surface area contributed by atoms with Crippen LogP contribution < -0.4 is 0 Å². The summed E-state index contributed by atoms with van der Waals surface area (Å²) < 4.78 is 0.954. The topological polar surface area (TPSA) is 0 Å². The Balaban J connectivity index is 1.62. The molecule has 0 N–H and O–H groups in total. The Morgan fingerprint density at radius 2 is 1.38 bits per heavy atom. The summed E-state index contributed by atoms with van der Waals surface area (Å²) in [6.07, 6.45) is 0. The average Bonchev–Trinajstić information content (AvgIpc) is 2.71. The minimum Gasteiger partial charge on any atom is -0.109 e. The van der Waals surface area contributed by atoms with Crippen LogP contribution in [0.4, 0.5) is 0 Å². The van der Waals surface area contributed by atoms with Crippen molar-refractivity contribution in [1.82, 2.24) is 0 Å². The maximum atomic E-state index is 5.65. The van der Waals surface area contributed by atoms with Crippen molar-refractivity contribution in [3.8, 4) is 0 Å². The van der Waals surface area contributed by atoms with Crippen molar-refractivity contribution in [2.75, 3.05) is 0 Å². The van der Waals surface area contributed by atoms with E-state index in [2.05, 4.69) is 66.7 Å². The number of thioether (sulfide) groups is 1. The summed E-state index contributed by atoms with van der Waals surface area (Å²) in [5.41, 5.74) is 2.48. The first kappa shape index (κ1) is 15.8.